The van der Waals surface area contributed by atoms with Crippen LogP contribution in [0.15, 0.2) is 49.1 Å². The van der Waals surface area contributed by atoms with E-state index in [0.29, 0.717) is 24.3 Å². The maximum Gasteiger partial charge on any atom is 0.172 e. The fourth-order valence-corrected chi connectivity index (χ4v) is 1.89. The molecule has 0 spiro atoms. The Kier molecular flexibility index (Phi) is 2.94. The number of imidazole rings is 1. The van der Waals surface area contributed by atoms with Crippen molar-refractivity contribution >= 4 is 11.9 Å². The van der Waals surface area contributed by atoms with Gasteiger partial charge in [0.15, 0.2) is 6.29 Å². The van der Waals surface area contributed by atoms with E-state index < -0.39 is 0 Å². The highest BCUT2D eigenvalue weighted by atomic mass is 16.5. The van der Waals surface area contributed by atoms with E-state index in [2.05, 4.69) is 9.97 Å². The highest BCUT2D eigenvalue weighted by Gasteiger charge is 2.06. The average Bonchev–Trinajstić information content (AvgIpc) is 2.94. The molecule has 0 aliphatic heterocycles. The predicted octanol–water partition coefficient (Wildman–Crippen LogP) is 2.12. The maximum absolute atomic E-state index is 10.9. The third-order valence-corrected chi connectivity index (χ3v) is 2.79. The first-order chi connectivity index (χ1) is 9.38. The quantitative estimate of drug-likeness (QED) is 0.668. The molecule has 0 radical (unpaired) electrons. The molecule has 0 amide bonds. The number of hydrogen-bond acceptors (Lipinski definition) is 4. The van der Waals surface area contributed by atoms with E-state index in [1.165, 1.54) is 0 Å². The normalized spacial score (nSPS) is 10.5. The zero-order chi connectivity index (χ0) is 13.1. The Hall–Kier alpha value is -2.69. The predicted molar refractivity (Wildman–Crippen MR) is 69.1 cm³/mol. The van der Waals surface area contributed by atoms with Crippen LogP contribution in [-0.2, 0) is 6.61 Å². The Morgan fingerprint density at radius 3 is 3.00 bits per heavy atom. The molecule has 0 aromatic carbocycles. The topological polar surface area (TPSA) is 56.5 Å². The first-order valence-electron chi connectivity index (χ1n) is 5.82. The summed E-state index contributed by atoms with van der Waals surface area (Å²) in [5, 5.41) is 0. The molecule has 3 aromatic heterocycles. The van der Waals surface area contributed by atoms with Crippen molar-refractivity contribution in [3.8, 4) is 5.75 Å². The summed E-state index contributed by atoms with van der Waals surface area (Å²) >= 11 is 0. The Bertz CT molecular complexity index is 721. The van der Waals surface area contributed by atoms with Gasteiger partial charge >= 0.3 is 0 Å². The van der Waals surface area contributed by atoms with Crippen molar-refractivity contribution in [3.05, 3.63) is 60.3 Å². The minimum atomic E-state index is 0.304. The first-order valence-corrected chi connectivity index (χ1v) is 5.82. The van der Waals surface area contributed by atoms with Crippen molar-refractivity contribution < 1.29 is 9.53 Å². The number of aldehydes is 1. The molecular formula is C14H11N3O2. The van der Waals surface area contributed by atoms with E-state index >= 15 is 0 Å². The number of ether oxygens (including phenoxy) is 1. The Balaban J connectivity index is 1.86. The number of fused-ring (bicyclic) bond motifs is 1. The molecule has 0 fully saturated rings. The molecule has 0 N–H and O–H groups in total. The van der Waals surface area contributed by atoms with Gasteiger partial charge < -0.3 is 9.14 Å². The lowest BCUT2D eigenvalue weighted by molar-refractivity contribution is 0.111. The van der Waals surface area contributed by atoms with Crippen LogP contribution in [0.3, 0.4) is 0 Å². The molecular weight excluding hydrogens is 242 g/mol. The van der Waals surface area contributed by atoms with Crippen LogP contribution in [0.5, 0.6) is 5.75 Å². The molecule has 3 rings (SSSR count). The van der Waals surface area contributed by atoms with Crippen LogP contribution in [-0.4, -0.2) is 20.7 Å². The molecule has 0 saturated heterocycles. The van der Waals surface area contributed by atoms with Crippen LogP contribution in [0.1, 0.15) is 16.1 Å². The summed E-state index contributed by atoms with van der Waals surface area (Å²) in [5.74, 6) is 0.478. The summed E-state index contributed by atoms with van der Waals surface area (Å²) in [6.07, 6.45) is 7.78. The van der Waals surface area contributed by atoms with Crippen molar-refractivity contribution in [3.63, 3.8) is 0 Å². The number of rotatable bonds is 4. The van der Waals surface area contributed by atoms with E-state index in [-0.39, 0.29) is 0 Å². The van der Waals surface area contributed by atoms with Gasteiger partial charge in [0.1, 0.15) is 23.7 Å². The van der Waals surface area contributed by atoms with Gasteiger partial charge in [-0.3, -0.25) is 4.79 Å². The van der Waals surface area contributed by atoms with Crippen molar-refractivity contribution in [2.45, 2.75) is 6.61 Å². The molecule has 0 atom stereocenters. The SMILES string of the molecule is O=Cc1ncccc1OCc1cccn2ccnc12. The fourth-order valence-electron chi connectivity index (χ4n) is 1.89. The second-order valence-electron chi connectivity index (χ2n) is 3.98. The number of aromatic nitrogens is 3. The van der Waals surface area contributed by atoms with E-state index in [1.807, 2.05) is 28.9 Å². The smallest absolute Gasteiger partial charge is 0.172 e. The lowest BCUT2D eigenvalue weighted by atomic mass is 10.3. The Morgan fingerprint density at radius 2 is 2.11 bits per heavy atom. The van der Waals surface area contributed by atoms with Crippen LogP contribution >= 0.6 is 0 Å². The third-order valence-electron chi connectivity index (χ3n) is 2.79. The van der Waals surface area contributed by atoms with Crippen LogP contribution in [0.4, 0.5) is 0 Å². The number of pyridine rings is 2. The van der Waals surface area contributed by atoms with Crippen molar-refractivity contribution in [1.29, 1.82) is 0 Å². The molecule has 0 saturated carbocycles. The lowest BCUT2D eigenvalue weighted by Crippen LogP contribution is -2.01. The van der Waals surface area contributed by atoms with E-state index in [9.17, 15) is 4.79 Å². The largest absolute Gasteiger partial charge is 0.486 e. The summed E-state index contributed by atoms with van der Waals surface area (Å²) < 4.78 is 7.56. The summed E-state index contributed by atoms with van der Waals surface area (Å²) in [7, 11) is 0. The molecule has 3 heterocycles. The lowest BCUT2D eigenvalue weighted by Gasteiger charge is -2.08. The summed E-state index contributed by atoms with van der Waals surface area (Å²) in [6, 6.07) is 7.33. The fraction of sp³-hybridized carbons (Fsp3) is 0.0714. The maximum atomic E-state index is 10.9. The van der Waals surface area contributed by atoms with Gasteiger partial charge in [-0.1, -0.05) is 6.07 Å². The van der Waals surface area contributed by atoms with Gasteiger partial charge in [0.2, 0.25) is 0 Å². The number of carbonyl (C=O) groups is 1. The number of nitrogens with zero attached hydrogens (tertiary/aromatic N) is 3. The van der Waals surface area contributed by atoms with Gasteiger partial charge in [-0.25, -0.2) is 9.97 Å². The van der Waals surface area contributed by atoms with Gasteiger partial charge in [0, 0.05) is 30.4 Å². The molecule has 19 heavy (non-hydrogen) atoms. The molecule has 3 aromatic rings. The second-order valence-corrected chi connectivity index (χ2v) is 3.98. The summed E-state index contributed by atoms with van der Waals surface area (Å²) in [5.41, 5.74) is 2.10. The van der Waals surface area contributed by atoms with Gasteiger partial charge in [0.05, 0.1) is 0 Å². The highest BCUT2D eigenvalue weighted by molar-refractivity contribution is 5.76. The Morgan fingerprint density at radius 1 is 1.16 bits per heavy atom. The van der Waals surface area contributed by atoms with Gasteiger partial charge in [-0.05, 0) is 18.2 Å². The highest BCUT2D eigenvalue weighted by Crippen LogP contribution is 2.16. The average molecular weight is 253 g/mol. The molecule has 0 aliphatic rings. The van der Waals surface area contributed by atoms with Crippen LogP contribution < -0.4 is 4.74 Å². The van der Waals surface area contributed by atoms with Crippen molar-refractivity contribution in [2.24, 2.45) is 0 Å². The zero-order valence-corrected chi connectivity index (χ0v) is 10.1. The monoisotopic (exact) mass is 253 g/mol. The van der Waals surface area contributed by atoms with E-state index in [0.717, 1.165) is 11.2 Å². The van der Waals surface area contributed by atoms with Crippen LogP contribution in [0.25, 0.3) is 5.65 Å². The minimum Gasteiger partial charge on any atom is -0.486 e. The van der Waals surface area contributed by atoms with Crippen molar-refractivity contribution in [2.75, 3.05) is 0 Å². The third kappa shape index (κ3) is 2.18. The molecule has 0 bridgehead atoms. The van der Waals surface area contributed by atoms with Gasteiger partial charge in [0.25, 0.3) is 0 Å². The van der Waals surface area contributed by atoms with Gasteiger partial charge in [-0.2, -0.15) is 0 Å². The van der Waals surface area contributed by atoms with Crippen molar-refractivity contribution in [1.82, 2.24) is 14.4 Å². The standard InChI is InChI=1S/C14H11N3O2/c18-9-12-13(4-1-5-15-12)19-10-11-3-2-7-17-8-6-16-14(11)17/h1-9H,10H2. The molecule has 0 unspecified atom stereocenters. The molecule has 0 aliphatic carbocycles. The summed E-state index contributed by atoms with van der Waals surface area (Å²) in [6.45, 7) is 0.341. The molecule has 94 valence electrons. The molecule has 5 nitrogen and oxygen atoms in total. The minimum absolute atomic E-state index is 0.304. The molecule has 5 heteroatoms. The van der Waals surface area contributed by atoms with Crippen LogP contribution in [0.2, 0.25) is 0 Å². The number of carbonyl (C=O) groups excluding carboxylic acids is 1. The van der Waals surface area contributed by atoms with E-state index in [4.69, 9.17) is 4.74 Å². The summed E-state index contributed by atoms with van der Waals surface area (Å²) in [4.78, 5) is 19.1. The Labute approximate surface area is 109 Å². The van der Waals surface area contributed by atoms with Gasteiger partial charge in [-0.15, -0.1) is 0 Å². The zero-order valence-electron chi connectivity index (χ0n) is 10.1. The van der Waals surface area contributed by atoms with E-state index in [1.54, 1.807) is 24.5 Å². The first kappa shape index (κ1) is 11.4. The second kappa shape index (κ2) is 4.89. The number of hydrogen-bond donors (Lipinski definition) is 0. The van der Waals surface area contributed by atoms with Crippen LogP contribution in [0, 0.1) is 0 Å².